The number of carbonyl (C=O) groups excluding carboxylic acids is 1. The summed E-state index contributed by atoms with van der Waals surface area (Å²) in [7, 11) is 0. The molecule has 1 aromatic rings. The van der Waals surface area contributed by atoms with Gasteiger partial charge in [0.05, 0.1) is 4.47 Å². The Hall–Kier alpha value is -1.81. The van der Waals surface area contributed by atoms with E-state index in [-0.39, 0.29) is 0 Å². The van der Waals surface area contributed by atoms with Crippen molar-refractivity contribution < 1.29 is 9.53 Å². The molecule has 0 aromatic carbocycles. The molecule has 0 aliphatic carbocycles. The van der Waals surface area contributed by atoms with Crippen LogP contribution in [0.25, 0.3) is 0 Å². The molecule has 3 N–H and O–H groups in total. The first-order chi connectivity index (χ1) is 9.28. The van der Waals surface area contributed by atoms with E-state index < -0.39 is 11.7 Å². The summed E-state index contributed by atoms with van der Waals surface area (Å²) in [6.07, 6.45) is 0.0393. The highest BCUT2D eigenvalue weighted by atomic mass is 79.9. The lowest BCUT2D eigenvalue weighted by Gasteiger charge is -2.19. The molecule has 6 nitrogen and oxygen atoms in total. The molecule has 1 amide bonds. The predicted molar refractivity (Wildman–Crippen MR) is 79.9 cm³/mol. The van der Waals surface area contributed by atoms with Crippen LogP contribution in [0.1, 0.15) is 32.9 Å². The monoisotopic (exact) mass is 340 g/mol. The summed E-state index contributed by atoms with van der Waals surface area (Å²) in [6, 6.07) is 1.69. The molecule has 0 aliphatic rings. The Morgan fingerprint density at radius 3 is 2.80 bits per heavy atom. The second-order valence-electron chi connectivity index (χ2n) is 4.94. The maximum atomic E-state index is 11.3. The van der Waals surface area contributed by atoms with E-state index in [9.17, 15) is 4.79 Å². The van der Waals surface area contributed by atoms with Crippen LogP contribution in [0.4, 0.5) is 10.6 Å². The zero-order chi connectivity index (χ0) is 15.2. The summed E-state index contributed by atoms with van der Waals surface area (Å²) in [6.45, 7) is 5.84. The normalized spacial score (nSPS) is 10.4. The fourth-order valence-electron chi connectivity index (χ4n) is 1.13. The van der Waals surface area contributed by atoms with Gasteiger partial charge in [0.15, 0.2) is 5.82 Å². The molecule has 0 saturated carbocycles. The lowest BCUT2D eigenvalue weighted by Crippen LogP contribution is -2.32. The number of nitrogens with zero attached hydrogens (tertiary/aromatic N) is 2. The minimum absolute atomic E-state index is 0.321. The van der Waals surface area contributed by atoms with E-state index in [0.717, 1.165) is 0 Å². The quantitative estimate of drug-likeness (QED) is 0.635. The van der Waals surface area contributed by atoms with Crippen LogP contribution in [0.15, 0.2) is 10.5 Å². The maximum absolute atomic E-state index is 11.3. The van der Waals surface area contributed by atoms with Gasteiger partial charge in [-0.05, 0) is 48.7 Å². The lowest BCUT2D eigenvalue weighted by molar-refractivity contribution is 0.0529. The number of aromatic nitrogens is 2. The fraction of sp³-hybridized carbons (Fsp3) is 0.462. The molecule has 0 radical (unpaired) electrons. The molecule has 1 rings (SSSR count). The van der Waals surface area contributed by atoms with Crippen molar-refractivity contribution in [3.63, 3.8) is 0 Å². The number of rotatable bonds is 2. The average Bonchev–Trinajstić information content (AvgIpc) is 2.31. The number of nitrogens with two attached hydrogens (primary N) is 1. The van der Waals surface area contributed by atoms with E-state index in [1.807, 2.05) is 20.8 Å². The molecule has 1 heterocycles. The van der Waals surface area contributed by atoms with Crippen LogP contribution in [0.3, 0.4) is 0 Å². The molecule has 1 aromatic heterocycles. The Morgan fingerprint density at radius 1 is 1.50 bits per heavy atom. The first-order valence-corrected chi connectivity index (χ1v) is 6.81. The number of halogens is 1. The van der Waals surface area contributed by atoms with Gasteiger partial charge < -0.3 is 15.8 Å². The number of amides is 1. The molecule has 108 valence electrons. The number of hydrogen-bond donors (Lipinski definition) is 2. The molecule has 20 heavy (non-hydrogen) atoms. The van der Waals surface area contributed by atoms with Crippen molar-refractivity contribution in [3.8, 4) is 11.8 Å². The minimum atomic E-state index is -0.498. The van der Waals surface area contributed by atoms with Crippen molar-refractivity contribution in [3.05, 3.63) is 16.2 Å². The van der Waals surface area contributed by atoms with Gasteiger partial charge in [0.2, 0.25) is 0 Å². The maximum Gasteiger partial charge on any atom is 0.407 e. The molecule has 0 bridgehead atoms. The van der Waals surface area contributed by atoms with Gasteiger partial charge in [0.25, 0.3) is 0 Å². The largest absolute Gasteiger partial charge is 0.444 e. The van der Waals surface area contributed by atoms with E-state index in [2.05, 4.69) is 43.3 Å². The summed E-state index contributed by atoms with van der Waals surface area (Å²) < 4.78 is 5.75. The number of carbonyl (C=O) groups is 1. The second kappa shape index (κ2) is 7.10. The smallest absolute Gasteiger partial charge is 0.407 e. The SMILES string of the molecule is CC(C)(C)OC(=O)NCCC#Cc1cc(Br)c(N)nn1. The average molecular weight is 341 g/mol. The predicted octanol–water partition coefficient (Wildman–Crippen LogP) is 2.09. The number of nitrogens with one attached hydrogen (secondary N) is 1. The van der Waals surface area contributed by atoms with Crippen molar-refractivity contribution in [2.24, 2.45) is 0 Å². The molecule has 0 atom stereocenters. The lowest BCUT2D eigenvalue weighted by atomic mass is 10.2. The topological polar surface area (TPSA) is 90.1 Å². The Kier molecular flexibility index (Phi) is 5.77. The van der Waals surface area contributed by atoms with Crippen molar-refractivity contribution in [1.82, 2.24) is 15.5 Å². The highest BCUT2D eigenvalue weighted by molar-refractivity contribution is 9.10. The first kappa shape index (κ1) is 16.2. The van der Waals surface area contributed by atoms with Crippen LogP contribution in [-0.2, 0) is 4.74 Å². The third kappa shape index (κ3) is 6.38. The molecule has 0 fully saturated rings. The number of hydrogen-bond acceptors (Lipinski definition) is 5. The van der Waals surface area contributed by atoms with Crippen LogP contribution in [0.5, 0.6) is 0 Å². The zero-order valence-electron chi connectivity index (χ0n) is 11.7. The highest BCUT2D eigenvalue weighted by Gasteiger charge is 2.15. The molecule has 0 spiro atoms. The van der Waals surface area contributed by atoms with Gasteiger partial charge in [-0.25, -0.2) is 4.79 Å². The summed E-state index contributed by atoms with van der Waals surface area (Å²) in [4.78, 5) is 11.3. The van der Waals surface area contributed by atoms with E-state index in [0.29, 0.717) is 29.0 Å². The second-order valence-corrected chi connectivity index (χ2v) is 5.80. The molecular weight excluding hydrogens is 324 g/mol. The van der Waals surface area contributed by atoms with Crippen molar-refractivity contribution in [2.75, 3.05) is 12.3 Å². The van der Waals surface area contributed by atoms with Crippen molar-refractivity contribution in [1.29, 1.82) is 0 Å². The summed E-state index contributed by atoms with van der Waals surface area (Å²) in [5.41, 5.74) is 5.54. The van der Waals surface area contributed by atoms with Gasteiger partial charge in [-0.2, -0.15) is 0 Å². The van der Waals surface area contributed by atoms with Crippen LogP contribution < -0.4 is 11.1 Å². The van der Waals surface area contributed by atoms with Gasteiger partial charge in [0.1, 0.15) is 11.3 Å². The fourth-order valence-corrected chi connectivity index (χ4v) is 1.43. The van der Waals surface area contributed by atoms with Gasteiger partial charge in [-0.15, -0.1) is 10.2 Å². The van der Waals surface area contributed by atoms with Gasteiger partial charge in [-0.3, -0.25) is 0 Å². The third-order valence-corrected chi connectivity index (χ3v) is 2.54. The van der Waals surface area contributed by atoms with Crippen LogP contribution in [0, 0.1) is 11.8 Å². The minimum Gasteiger partial charge on any atom is -0.444 e. The number of alkyl carbamates (subject to hydrolysis) is 1. The Balaban J connectivity index is 2.36. The Bertz CT molecular complexity index is 544. The van der Waals surface area contributed by atoms with E-state index in [1.165, 1.54) is 0 Å². The van der Waals surface area contributed by atoms with Crippen LogP contribution in [-0.4, -0.2) is 28.4 Å². The van der Waals surface area contributed by atoms with Gasteiger partial charge in [0, 0.05) is 13.0 Å². The van der Waals surface area contributed by atoms with Crippen LogP contribution in [0.2, 0.25) is 0 Å². The standard InChI is InChI=1S/C13H17BrN4O2/c1-13(2,3)20-12(19)16-7-5-4-6-9-8-10(14)11(15)18-17-9/h8H,5,7H2,1-3H3,(H2,15,18)(H,16,19). The van der Waals surface area contributed by atoms with Gasteiger partial charge in [-0.1, -0.05) is 5.92 Å². The highest BCUT2D eigenvalue weighted by Crippen LogP contribution is 2.15. The molecule has 0 aliphatic heterocycles. The number of nitrogen functional groups attached to an aromatic ring is 1. The van der Waals surface area contributed by atoms with Gasteiger partial charge >= 0.3 is 6.09 Å². The third-order valence-electron chi connectivity index (χ3n) is 1.91. The Morgan fingerprint density at radius 2 is 2.20 bits per heavy atom. The molecule has 0 unspecified atom stereocenters. The summed E-state index contributed by atoms with van der Waals surface area (Å²) in [5.74, 6) is 6.04. The first-order valence-electron chi connectivity index (χ1n) is 6.02. The number of ether oxygens (including phenoxy) is 1. The molecule has 0 saturated heterocycles. The van der Waals surface area contributed by atoms with E-state index in [1.54, 1.807) is 6.07 Å². The Labute approximate surface area is 126 Å². The summed E-state index contributed by atoms with van der Waals surface area (Å²) in [5, 5.41) is 10.2. The summed E-state index contributed by atoms with van der Waals surface area (Å²) >= 11 is 3.25. The van der Waals surface area contributed by atoms with E-state index in [4.69, 9.17) is 10.5 Å². The van der Waals surface area contributed by atoms with E-state index >= 15 is 0 Å². The molecule has 7 heteroatoms. The van der Waals surface area contributed by atoms with Crippen LogP contribution >= 0.6 is 15.9 Å². The molecular formula is C13H17BrN4O2. The number of anilines is 1. The van der Waals surface area contributed by atoms with Crippen molar-refractivity contribution >= 4 is 27.8 Å². The van der Waals surface area contributed by atoms with Crippen molar-refractivity contribution in [2.45, 2.75) is 32.8 Å². The zero-order valence-corrected chi connectivity index (χ0v) is 13.2.